The van der Waals surface area contributed by atoms with Crippen LogP contribution in [0.4, 0.5) is 0 Å². The molecule has 3 atom stereocenters. The number of ether oxygens (including phenoxy) is 1. The standard InChI is InChI=1S/C19H18O3/c1-22-18(20)12-7-8-15-16(9-12)13-10-17(15)19(21,11-13)14-5-3-2-4-6-14/h2-9,13,17,21H,10-11H2,1H3/t13-,17-,19-/m1/s1. The van der Waals surface area contributed by atoms with Gasteiger partial charge in [0.1, 0.15) is 0 Å². The number of fused-ring (bicyclic) bond motifs is 5. The van der Waals surface area contributed by atoms with E-state index in [1.807, 2.05) is 42.5 Å². The van der Waals surface area contributed by atoms with Crippen LogP contribution in [-0.4, -0.2) is 18.2 Å². The Labute approximate surface area is 129 Å². The molecular formula is C19H18O3. The fourth-order valence-corrected chi connectivity index (χ4v) is 4.24. The number of methoxy groups -OCH3 is 1. The van der Waals surface area contributed by atoms with Gasteiger partial charge in [0.05, 0.1) is 18.3 Å². The minimum absolute atomic E-state index is 0.113. The largest absolute Gasteiger partial charge is 0.465 e. The predicted octanol–water partition coefficient (Wildman–Crippen LogP) is 3.34. The van der Waals surface area contributed by atoms with E-state index in [2.05, 4.69) is 0 Å². The number of esters is 1. The molecule has 0 spiro atoms. The Morgan fingerprint density at radius 3 is 2.68 bits per heavy atom. The van der Waals surface area contributed by atoms with Crippen molar-refractivity contribution >= 4 is 5.97 Å². The number of carbonyl (C=O) groups is 1. The molecule has 0 heterocycles. The van der Waals surface area contributed by atoms with Crippen LogP contribution in [0.25, 0.3) is 0 Å². The van der Waals surface area contributed by atoms with E-state index in [0.29, 0.717) is 11.5 Å². The minimum Gasteiger partial charge on any atom is -0.465 e. The van der Waals surface area contributed by atoms with E-state index in [0.717, 1.165) is 18.4 Å². The Hall–Kier alpha value is -2.13. The normalized spacial score (nSPS) is 28.5. The summed E-state index contributed by atoms with van der Waals surface area (Å²) in [5.41, 5.74) is 3.18. The first-order valence-electron chi connectivity index (χ1n) is 7.63. The third-order valence-corrected chi connectivity index (χ3v) is 5.25. The molecular weight excluding hydrogens is 276 g/mol. The molecule has 0 aliphatic heterocycles. The Morgan fingerprint density at radius 2 is 1.95 bits per heavy atom. The second-order valence-corrected chi connectivity index (χ2v) is 6.31. The lowest BCUT2D eigenvalue weighted by molar-refractivity contribution is 0.0209. The van der Waals surface area contributed by atoms with Crippen LogP contribution >= 0.6 is 0 Å². The Morgan fingerprint density at radius 1 is 1.18 bits per heavy atom. The summed E-state index contributed by atoms with van der Waals surface area (Å²) in [7, 11) is 1.40. The molecule has 2 aliphatic carbocycles. The van der Waals surface area contributed by atoms with Crippen molar-refractivity contribution in [3.8, 4) is 0 Å². The molecule has 0 saturated heterocycles. The van der Waals surface area contributed by atoms with Crippen molar-refractivity contribution in [2.75, 3.05) is 7.11 Å². The van der Waals surface area contributed by atoms with Crippen LogP contribution in [0.1, 0.15) is 51.7 Å². The second kappa shape index (κ2) is 4.68. The van der Waals surface area contributed by atoms with E-state index in [9.17, 15) is 9.90 Å². The van der Waals surface area contributed by atoms with Crippen molar-refractivity contribution in [2.24, 2.45) is 0 Å². The van der Waals surface area contributed by atoms with Crippen LogP contribution in [-0.2, 0) is 10.3 Å². The molecule has 1 saturated carbocycles. The molecule has 0 unspecified atom stereocenters. The average Bonchev–Trinajstić information content (AvgIpc) is 3.10. The topological polar surface area (TPSA) is 46.5 Å². The maximum Gasteiger partial charge on any atom is 0.337 e. The van der Waals surface area contributed by atoms with Gasteiger partial charge in [-0.1, -0.05) is 36.4 Å². The first-order valence-corrected chi connectivity index (χ1v) is 7.63. The molecule has 2 aromatic carbocycles. The van der Waals surface area contributed by atoms with E-state index < -0.39 is 5.60 Å². The maximum absolute atomic E-state index is 11.7. The highest BCUT2D eigenvalue weighted by Gasteiger charge is 2.53. The minimum atomic E-state index is -0.786. The summed E-state index contributed by atoms with van der Waals surface area (Å²) in [6, 6.07) is 15.6. The predicted molar refractivity (Wildman–Crippen MR) is 82.8 cm³/mol. The molecule has 3 nitrogen and oxygen atoms in total. The van der Waals surface area contributed by atoms with Crippen LogP contribution in [0.2, 0.25) is 0 Å². The quantitative estimate of drug-likeness (QED) is 0.864. The molecule has 4 rings (SSSR count). The van der Waals surface area contributed by atoms with Gasteiger partial charge in [-0.25, -0.2) is 4.79 Å². The van der Waals surface area contributed by atoms with Gasteiger partial charge in [-0.05, 0) is 47.6 Å². The van der Waals surface area contributed by atoms with Gasteiger partial charge in [-0.3, -0.25) is 0 Å². The van der Waals surface area contributed by atoms with Crippen LogP contribution in [0.15, 0.2) is 48.5 Å². The molecule has 2 aromatic rings. The second-order valence-electron chi connectivity index (χ2n) is 6.31. The summed E-state index contributed by atoms with van der Waals surface area (Å²) in [5.74, 6) is 0.125. The summed E-state index contributed by atoms with van der Waals surface area (Å²) in [6.45, 7) is 0. The fourth-order valence-electron chi connectivity index (χ4n) is 4.24. The van der Waals surface area contributed by atoms with Crippen molar-refractivity contribution < 1.29 is 14.6 Å². The van der Waals surface area contributed by atoms with Crippen LogP contribution in [0.3, 0.4) is 0 Å². The summed E-state index contributed by atoms with van der Waals surface area (Å²) in [5, 5.41) is 11.2. The van der Waals surface area contributed by atoms with E-state index in [1.54, 1.807) is 6.07 Å². The first kappa shape index (κ1) is 13.5. The highest BCUT2D eigenvalue weighted by molar-refractivity contribution is 5.89. The molecule has 0 radical (unpaired) electrons. The van der Waals surface area contributed by atoms with E-state index in [4.69, 9.17) is 4.74 Å². The van der Waals surface area contributed by atoms with Gasteiger partial charge in [0.2, 0.25) is 0 Å². The van der Waals surface area contributed by atoms with E-state index in [1.165, 1.54) is 18.2 Å². The summed E-state index contributed by atoms with van der Waals surface area (Å²) >= 11 is 0. The number of hydrogen-bond donors (Lipinski definition) is 1. The monoisotopic (exact) mass is 294 g/mol. The zero-order chi connectivity index (χ0) is 15.3. The molecule has 1 fully saturated rings. The van der Waals surface area contributed by atoms with Crippen LogP contribution in [0.5, 0.6) is 0 Å². The third kappa shape index (κ3) is 1.75. The average molecular weight is 294 g/mol. The lowest BCUT2D eigenvalue weighted by Crippen LogP contribution is -2.31. The lowest BCUT2D eigenvalue weighted by atomic mass is 9.75. The van der Waals surface area contributed by atoms with Gasteiger partial charge in [0, 0.05) is 5.92 Å². The smallest absolute Gasteiger partial charge is 0.337 e. The molecule has 3 heteroatoms. The number of hydrogen-bond acceptors (Lipinski definition) is 3. The van der Waals surface area contributed by atoms with Gasteiger partial charge < -0.3 is 9.84 Å². The highest BCUT2D eigenvalue weighted by atomic mass is 16.5. The van der Waals surface area contributed by atoms with Crippen molar-refractivity contribution in [3.05, 3.63) is 70.8 Å². The van der Waals surface area contributed by atoms with E-state index in [-0.39, 0.29) is 11.9 Å². The summed E-state index contributed by atoms with van der Waals surface area (Å²) in [6.07, 6.45) is 1.67. The molecule has 2 bridgehead atoms. The number of carbonyl (C=O) groups excluding carboxylic acids is 1. The Kier molecular flexibility index (Phi) is 2.88. The molecule has 1 N–H and O–H groups in total. The van der Waals surface area contributed by atoms with Crippen molar-refractivity contribution in [2.45, 2.75) is 30.3 Å². The van der Waals surface area contributed by atoms with Gasteiger partial charge in [-0.15, -0.1) is 0 Å². The molecule has 2 aliphatic rings. The van der Waals surface area contributed by atoms with Crippen molar-refractivity contribution in [1.82, 2.24) is 0 Å². The zero-order valence-corrected chi connectivity index (χ0v) is 12.5. The SMILES string of the molecule is COC(=O)c1ccc2c(c1)[C@@H]1C[C@H]2[C@](O)(c2ccccc2)C1. The Balaban J connectivity index is 1.76. The van der Waals surface area contributed by atoms with Crippen LogP contribution < -0.4 is 0 Å². The van der Waals surface area contributed by atoms with Gasteiger partial charge >= 0.3 is 5.97 Å². The van der Waals surface area contributed by atoms with Crippen molar-refractivity contribution in [3.63, 3.8) is 0 Å². The maximum atomic E-state index is 11.7. The number of rotatable bonds is 2. The van der Waals surface area contributed by atoms with E-state index >= 15 is 0 Å². The highest BCUT2D eigenvalue weighted by Crippen LogP contribution is 2.61. The molecule has 112 valence electrons. The molecule has 22 heavy (non-hydrogen) atoms. The zero-order valence-electron chi connectivity index (χ0n) is 12.5. The summed E-state index contributed by atoms with van der Waals surface area (Å²) < 4.78 is 4.80. The summed E-state index contributed by atoms with van der Waals surface area (Å²) in [4.78, 5) is 11.7. The fraction of sp³-hybridized carbons (Fsp3) is 0.316. The third-order valence-electron chi connectivity index (χ3n) is 5.25. The van der Waals surface area contributed by atoms with Crippen molar-refractivity contribution in [1.29, 1.82) is 0 Å². The van der Waals surface area contributed by atoms with Gasteiger partial charge in [0.15, 0.2) is 0 Å². The van der Waals surface area contributed by atoms with Crippen LogP contribution in [0, 0.1) is 0 Å². The van der Waals surface area contributed by atoms with Gasteiger partial charge in [0.25, 0.3) is 0 Å². The first-order chi connectivity index (χ1) is 10.6. The molecule has 0 amide bonds. The number of aliphatic hydroxyl groups is 1. The number of benzene rings is 2. The molecule has 0 aromatic heterocycles. The Bertz CT molecular complexity index is 738. The van der Waals surface area contributed by atoms with Gasteiger partial charge in [-0.2, -0.15) is 0 Å². The lowest BCUT2D eigenvalue weighted by Gasteiger charge is -2.34.